The maximum absolute atomic E-state index is 3.63. The molecule has 1 heterocycles. The van der Waals surface area contributed by atoms with Crippen LogP contribution in [0.5, 0.6) is 0 Å². The van der Waals surface area contributed by atoms with E-state index in [0.717, 1.165) is 5.92 Å². The molecule has 90 valence electrons. The van der Waals surface area contributed by atoms with Crippen molar-refractivity contribution in [3.05, 3.63) is 20.8 Å². The predicted molar refractivity (Wildman–Crippen MR) is 75.0 cm³/mol. The van der Waals surface area contributed by atoms with E-state index in [2.05, 4.69) is 39.1 Å². The fourth-order valence-corrected chi connectivity index (χ4v) is 4.32. The highest BCUT2D eigenvalue weighted by Crippen LogP contribution is 2.34. The summed E-state index contributed by atoms with van der Waals surface area (Å²) in [5, 5.41) is 7.89. The van der Waals surface area contributed by atoms with E-state index >= 15 is 0 Å². The molecule has 1 aliphatic rings. The molecule has 1 nitrogen and oxygen atoms in total. The first-order chi connectivity index (χ1) is 7.81. The summed E-state index contributed by atoms with van der Waals surface area (Å²) in [4.78, 5) is 0. The number of hydrogen-bond acceptors (Lipinski definition) is 2. The van der Waals surface area contributed by atoms with E-state index in [9.17, 15) is 0 Å². The molecule has 1 aromatic heterocycles. The van der Waals surface area contributed by atoms with Gasteiger partial charge in [-0.2, -0.15) is 11.3 Å². The van der Waals surface area contributed by atoms with Crippen molar-refractivity contribution in [2.45, 2.75) is 44.6 Å². The summed E-state index contributed by atoms with van der Waals surface area (Å²) >= 11 is 5.41. The first-order valence-corrected chi connectivity index (χ1v) is 7.93. The molecule has 0 bridgehead atoms. The van der Waals surface area contributed by atoms with Crippen molar-refractivity contribution in [2.75, 3.05) is 7.05 Å². The standard InChI is InChI=1S/C13H20BrNS/c1-15-13(11-8-16-9-12(11)14)7-6-10-4-2-3-5-10/h8-10,13,15H,2-7H2,1H3. The van der Waals surface area contributed by atoms with Gasteiger partial charge in [0.25, 0.3) is 0 Å². The summed E-state index contributed by atoms with van der Waals surface area (Å²) in [7, 11) is 2.07. The summed E-state index contributed by atoms with van der Waals surface area (Å²) in [6.07, 6.45) is 8.49. The highest BCUT2D eigenvalue weighted by molar-refractivity contribution is 9.10. The van der Waals surface area contributed by atoms with Crippen molar-refractivity contribution in [1.29, 1.82) is 0 Å². The van der Waals surface area contributed by atoms with Crippen LogP contribution in [0.15, 0.2) is 15.2 Å². The summed E-state index contributed by atoms with van der Waals surface area (Å²) in [5.74, 6) is 0.994. The second kappa shape index (κ2) is 6.18. The minimum absolute atomic E-state index is 0.529. The predicted octanol–water partition coefficient (Wildman–Crippen LogP) is 4.74. The Morgan fingerprint density at radius 2 is 2.19 bits per heavy atom. The van der Waals surface area contributed by atoms with Gasteiger partial charge in [-0.05, 0) is 52.7 Å². The molecule has 1 fully saturated rings. The zero-order valence-corrected chi connectivity index (χ0v) is 12.2. The summed E-state index contributed by atoms with van der Waals surface area (Å²) in [6.45, 7) is 0. The van der Waals surface area contributed by atoms with Crippen LogP contribution in [0.3, 0.4) is 0 Å². The normalized spacial score (nSPS) is 19.1. The fourth-order valence-electron chi connectivity index (χ4n) is 2.70. The number of halogens is 1. The fraction of sp³-hybridized carbons (Fsp3) is 0.692. The topological polar surface area (TPSA) is 12.0 Å². The van der Waals surface area contributed by atoms with E-state index in [0.29, 0.717) is 6.04 Å². The lowest BCUT2D eigenvalue weighted by Crippen LogP contribution is -2.17. The van der Waals surface area contributed by atoms with E-state index in [1.807, 2.05) is 0 Å². The van der Waals surface area contributed by atoms with Gasteiger partial charge in [0.1, 0.15) is 0 Å². The minimum atomic E-state index is 0.529. The van der Waals surface area contributed by atoms with Crippen molar-refractivity contribution in [2.24, 2.45) is 5.92 Å². The molecule has 0 saturated heterocycles. The Hall–Kier alpha value is 0.140. The number of hydrogen-bond donors (Lipinski definition) is 1. The molecule has 0 radical (unpaired) electrons. The Bertz CT molecular complexity index is 317. The quantitative estimate of drug-likeness (QED) is 0.828. The summed E-state index contributed by atoms with van der Waals surface area (Å²) < 4.78 is 1.27. The average Bonchev–Trinajstić information content (AvgIpc) is 2.92. The van der Waals surface area contributed by atoms with E-state index in [4.69, 9.17) is 0 Å². The van der Waals surface area contributed by atoms with Gasteiger partial charge in [0.05, 0.1) is 0 Å². The molecule has 0 spiro atoms. The molecular formula is C13H20BrNS. The highest BCUT2D eigenvalue weighted by Gasteiger charge is 2.18. The monoisotopic (exact) mass is 301 g/mol. The van der Waals surface area contributed by atoms with E-state index in [-0.39, 0.29) is 0 Å². The second-order valence-electron chi connectivity index (χ2n) is 4.74. The number of rotatable bonds is 5. The lowest BCUT2D eigenvalue weighted by molar-refractivity contribution is 0.427. The van der Waals surface area contributed by atoms with Gasteiger partial charge in [-0.1, -0.05) is 25.7 Å². The van der Waals surface area contributed by atoms with Crippen LogP contribution < -0.4 is 5.32 Å². The van der Waals surface area contributed by atoms with Gasteiger partial charge >= 0.3 is 0 Å². The van der Waals surface area contributed by atoms with Crippen LogP contribution in [0.2, 0.25) is 0 Å². The van der Waals surface area contributed by atoms with Gasteiger partial charge in [0.2, 0.25) is 0 Å². The van der Waals surface area contributed by atoms with E-state index in [1.165, 1.54) is 48.6 Å². The molecule has 1 N–H and O–H groups in total. The molecule has 3 heteroatoms. The summed E-state index contributed by atoms with van der Waals surface area (Å²) in [5.41, 5.74) is 1.44. The smallest absolute Gasteiger partial charge is 0.0337 e. The maximum atomic E-state index is 3.63. The van der Waals surface area contributed by atoms with Gasteiger partial charge in [0.15, 0.2) is 0 Å². The molecule has 1 saturated carbocycles. The zero-order chi connectivity index (χ0) is 11.4. The Morgan fingerprint density at radius 1 is 1.44 bits per heavy atom. The molecule has 16 heavy (non-hydrogen) atoms. The van der Waals surface area contributed by atoms with Gasteiger partial charge in [-0.3, -0.25) is 0 Å². The van der Waals surface area contributed by atoms with Crippen molar-refractivity contribution in [3.8, 4) is 0 Å². The van der Waals surface area contributed by atoms with Crippen LogP contribution in [-0.4, -0.2) is 7.05 Å². The third-order valence-corrected chi connectivity index (χ3v) is 5.46. The van der Waals surface area contributed by atoms with E-state index in [1.54, 1.807) is 11.3 Å². The van der Waals surface area contributed by atoms with Crippen molar-refractivity contribution < 1.29 is 0 Å². The van der Waals surface area contributed by atoms with Crippen LogP contribution in [0.25, 0.3) is 0 Å². The molecular weight excluding hydrogens is 282 g/mol. The van der Waals surface area contributed by atoms with Crippen molar-refractivity contribution in [1.82, 2.24) is 5.32 Å². The third-order valence-electron chi connectivity index (χ3n) is 3.70. The van der Waals surface area contributed by atoms with Crippen LogP contribution in [0, 0.1) is 5.92 Å². The lowest BCUT2D eigenvalue weighted by atomic mass is 9.96. The Kier molecular flexibility index (Phi) is 4.86. The SMILES string of the molecule is CNC(CCC1CCCC1)c1cscc1Br. The zero-order valence-electron chi connectivity index (χ0n) is 9.84. The Labute approximate surface area is 111 Å². The summed E-state index contributed by atoms with van der Waals surface area (Å²) in [6, 6.07) is 0.529. The van der Waals surface area contributed by atoms with Crippen LogP contribution >= 0.6 is 27.3 Å². The van der Waals surface area contributed by atoms with Crippen molar-refractivity contribution in [3.63, 3.8) is 0 Å². The largest absolute Gasteiger partial charge is 0.313 e. The van der Waals surface area contributed by atoms with Crippen LogP contribution in [0.4, 0.5) is 0 Å². The highest BCUT2D eigenvalue weighted by atomic mass is 79.9. The van der Waals surface area contributed by atoms with Gasteiger partial charge < -0.3 is 5.32 Å². The van der Waals surface area contributed by atoms with Gasteiger partial charge in [-0.15, -0.1) is 0 Å². The van der Waals surface area contributed by atoms with Crippen molar-refractivity contribution >= 4 is 27.3 Å². The first kappa shape index (κ1) is 12.6. The minimum Gasteiger partial charge on any atom is -0.313 e. The van der Waals surface area contributed by atoms with Crippen LogP contribution in [-0.2, 0) is 0 Å². The Morgan fingerprint density at radius 3 is 2.75 bits per heavy atom. The van der Waals surface area contributed by atoms with Gasteiger partial charge in [-0.25, -0.2) is 0 Å². The molecule has 2 rings (SSSR count). The second-order valence-corrected chi connectivity index (χ2v) is 6.34. The molecule has 0 aliphatic heterocycles. The number of nitrogens with one attached hydrogen (secondary N) is 1. The average molecular weight is 302 g/mol. The number of thiophene rings is 1. The van der Waals surface area contributed by atoms with Crippen LogP contribution in [0.1, 0.15) is 50.1 Å². The molecule has 1 unspecified atom stereocenters. The molecule has 0 aromatic carbocycles. The lowest BCUT2D eigenvalue weighted by Gasteiger charge is -2.18. The Balaban J connectivity index is 1.88. The molecule has 1 aliphatic carbocycles. The molecule has 1 atom stereocenters. The maximum Gasteiger partial charge on any atom is 0.0337 e. The molecule has 1 aromatic rings. The molecule has 0 amide bonds. The first-order valence-electron chi connectivity index (χ1n) is 6.20. The van der Waals surface area contributed by atoms with E-state index < -0.39 is 0 Å². The third kappa shape index (κ3) is 3.08. The van der Waals surface area contributed by atoms with Gasteiger partial charge in [0, 0.05) is 15.9 Å².